The molecular formula is C23H28N2O3S. The summed E-state index contributed by atoms with van der Waals surface area (Å²) in [6.07, 6.45) is 1.65. The minimum absolute atomic E-state index is 0.172. The van der Waals surface area contributed by atoms with Crippen LogP contribution >= 0.6 is 11.8 Å². The van der Waals surface area contributed by atoms with Crippen LogP contribution in [0.2, 0.25) is 0 Å². The van der Waals surface area contributed by atoms with Gasteiger partial charge in [-0.1, -0.05) is 44.2 Å². The highest BCUT2D eigenvalue weighted by atomic mass is 32.2. The van der Waals surface area contributed by atoms with E-state index in [1.165, 1.54) is 5.56 Å². The van der Waals surface area contributed by atoms with Gasteiger partial charge < -0.3 is 15.4 Å². The van der Waals surface area contributed by atoms with Gasteiger partial charge in [-0.15, -0.1) is 11.8 Å². The maximum atomic E-state index is 12.4. The van der Waals surface area contributed by atoms with Crippen LogP contribution < -0.4 is 10.6 Å². The van der Waals surface area contributed by atoms with Gasteiger partial charge in [0.1, 0.15) is 0 Å². The molecule has 1 saturated heterocycles. The number of thioether (sulfide) groups is 1. The normalized spacial score (nSPS) is 15.7. The Morgan fingerprint density at radius 3 is 2.28 bits per heavy atom. The van der Waals surface area contributed by atoms with E-state index in [0.717, 1.165) is 17.7 Å². The number of anilines is 1. The summed E-state index contributed by atoms with van der Waals surface area (Å²) in [5.74, 6) is -0.840. The lowest BCUT2D eigenvalue weighted by Crippen LogP contribution is -2.47. The van der Waals surface area contributed by atoms with Gasteiger partial charge in [0.25, 0.3) is 0 Å². The van der Waals surface area contributed by atoms with Crippen molar-refractivity contribution in [3.05, 3.63) is 60.2 Å². The lowest BCUT2D eigenvalue weighted by Gasteiger charge is -2.36. The third-order valence-electron chi connectivity index (χ3n) is 5.09. The maximum absolute atomic E-state index is 12.4. The average molecular weight is 413 g/mol. The Labute approximate surface area is 176 Å². The molecule has 1 fully saturated rings. The van der Waals surface area contributed by atoms with Crippen molar-refractivity contribution in [2.24, 2.45) is 0 Å². The molecule has 2 amide bonds. The van der Waals surface area contributed by atoms with Gasteiger partial charge in [-0.3, -0.25) is 9.59 Å². The standard InChI is InChI=1S/C23H28N2O3S/c1-17(2)18-8-10-19(11-9-18)25-22(27)21(26)24-16-23(12-14-28-15-13-23)29-20-6-4-3-5-7-20/h3-11,17H,12-16H2,1-2H3,(H,24,26)(H,25,27). The highest BCUT2D eigenvalue weighted by Crippen LogP contribution is 2.40. The van der Waals surface area contributed by atoms with Crippen LogP contribution in [0.1, 0.15) is 38.2 Å². The Kier molecular flexibility index (Phi) is 7.34. The predicted molar refractivity (Wildman–Crippen MR) is 117 cm³/mol. The molecule has 0 atom stereocenters. The molecule has 5 nitrogen and oxygen atoms in total. The highest BCUT2D eigenvalue weighted by molar-refractivity contribution is 8.00. The number of carbonyl (C=O) groups is 2. The molecule has 0 radical (unpaired) electrons. The molecule has 3 rings (SSSR count). The van der Waals surface area contributed by atoms with Gasteiger partial charge >= 0.3 is 11.8 Å². The molecule has 0 unspecified atom stereocenters. The second-order valence-corrected chi connectivity index (χ2v) is 9.17. The van der Waals surface area contributed by atoms with Crippen LogP contribution in [0, 0.1) is 0 Å². The summed E-state index contributed by atoms with van der Waals surface area (Å²) >= 11 is 1.75. The molecule has 0 spiro atoms. The number of nitrogens with one attached hydrogen (secondary N) is 2. The van der Waals surface area contributed by atoms with Crippen LogP contribution in [-0.4, -0.2) is 36.3 Å². The first-order chi connectivity index (χ1) is 14.0. The Morgan fingerprint density at radius 2 is 1.66 bits per heavy atom. The molecule has 6 heteroatoms. The fraction of sp³-hybridized carbons (Fsp3) is 0.391. The van der Waals surface area contributed by atoms with Crippen LogP contribution in [0.4, 0.5) is 5.69 Å². The topological polar surface area (TPSA) is 67.4 Å². The zero-order chi connectivity index (χ0) is 20.7. The van der Waals surface area contributed by atoms with Crippen LogP contribution in [0.25, 0.3) is 0 Å². The summed E-state index contributed by atoms with van der Waals surface area (Å²) in [6.45, 7) is 5.96. The van der Waals surface area contributed by atoms with E-state index in [4.69, 9.17) is 4.74 Å². The van der Waals surface area contributed by atoms with Crippen molar-refractivity contribution in [3.63, 3.8) is 0 Å². The smallest absolute Gasteiger partial charge is 0.313 e. The van der Waals surface area contributed by atoms with E-state index < -0.39 is 11.8 Å². The summed E-state index contributed by atoms with van der Waals surface area (Å²) in [5.41, 5.74) is 1.81. The van der Waals surface area contributed by atoms with E-state index in [2.05, 4.69) is 36.6 Å². The van der Waals surface area contributed by atoms with Crippen molar-refractivity contribution >= 4 is 29.3 Å². The molecule has 0 aromatic heterocycles. The SMILES string of the molecule is CC(C)c1ccc(NC(=O)C(=O)NCC2(Sc3ccccc3)CCOCC2)cc1. The van der Waals surface area contributed by atoms with Crippen LogP contribution in [0.3, 0.4) is 0 Å². The molecule has 1 aliphatic rings. The van der Waals surface area contributed by atoms with Gasteiger partial charge in [-0.25, -0.2) is 0 Å². The van der Waals surface area contributed by atoms with E-state index >= 15 is 0 Å². The lowest BCUT2D eigenvalue weighted by atomic mass is 9.99. The van der Waals surface area contributed by atoms with Crippen molar-refractivity contribution in [1.82, 2.24) is 5.32 Å². The largest absolute Gasteiger partial charge is 0.381 e. The molecule has 0 bridgehead atoms. The van der Waals surface area contributed by atoms with Crippen molar-refractivity contribution < 1.29 is 14.3 Å². The third-order valence-corrected chi connectivity index (χ3v) is 6.59. The predicted octanol–water partition coefficient (Wildman–Crippen LogP) is 4.21. The van der Waals surface area contributed by atoms with Crippen molar-refractivity contribution in [2.75, 3.05) is 25.1 Å². The molecule has 2 aromatic carbocycles. The molecule has 1 aliphatic heterocycles. The van der Waals surface area contributed by atoms with Crippen molar-refractivity contribution in [2.45, 2.75) is 42.2 Å². The quantitative estimate of drug-likeness (QED) is 0.698. The van der Waals surface area contributed by atoms with E-state index in [-0.39, 0.29) is 4.75 Å². The molecular weight excluding hydrogens is 384 g/mol. The highest BCUT2D eigenvalue weighted by Gasteiger charge is 2.34. The second kappa shape index (κ2) is 9.94. The van der Waals surface area contributed by atoms with Crippen LogP contribution in [0.5, 0.6) is 0 Å². The number of hydrogen-bond acceptors (Lipinski definition) is 4. The fourth-order valence-electron chi connectivity index (χ4n) is 3.26. The number of amides is 2. The van der Waals surface area contributed by atoms with E-state index in [1.807, 2.05) is 42.5 Å². The summed E-state index contributed by atoms with van der Waals surface area (Å²) in [7, 11) is 0. The van der Waals surface area contributed by atoms with Gasteiger partial charge in [0, 0.05) is 35.1 Å². The summed E-state index contributed by atoms with van der Waals surface area (Å²) in [4.78, 5) is 25.9. The Hall–Kier alpha value is -2.31. The summed E-state index contributed by atoms with van der Waals surface area (Å²) < 4.78 is 5.34. The number of carbonyl (C=O) groups excluding carboxylic acids is 2. The zero-order valence-corrected chi connectivity index (χ0v) is 17.8. The van der Waals surface area contributed by atoms with E-state index in [1.54, 1.807) is 11.8 Å². The lowest BCUT2D eigenvalue weighted by molar-refractivity contribution is -0.136. The first-order valence-corrected chi connectivity index (χ1v) is 10.8. The Bertz CT molecular complexity index is 816. The molecule has 2 aromatic rings. The average Bonchev–Trinajstić information content (AvgIpc) is 2.74. The van der Waals surface area contributed by atoms with E-state index in [9.17, 15) is 9.59 Å². The fourth-order valence-corrected chi connectivity index (χ4v) is 4.57. The number of hydrogen-bond donors (Lipinski definition) is 2. The van der Waals surface area contributed by atoms with Crippen molar-refractivity contribution in [1.29, 1.82) is 0 Å². The molecule has 1 heterocycles. The van der Waals surface area contributed by atoms with Crippen molar-refractivity contribution in [3.8, 4) is 0 Å². The minimum Gasteiger partial charge on any atom is -0.381 e. The van der Waals surface area contributed by atoms with Gasteiger partial charge in [-0.2, -0.15) is 0 Å². The maximum Gasteiger partial charge on any atom is 0.313 e. The second-order valence-electron chi connectivity index (χ2n) is 7.62. The number of benzene rings is 2. The number of rotatable bonds is 6. The summed E-state index contributed by atoms with van der Waals surface area (Å²) in [6, 6.07) is 17.7. The number of ether oxygens (including phenoxy) is 1. The van der Waals surface area contributed by atoms with Gasteiger partial charge in [0.15, 0.2) is 0 Å². The van der Waals surface area contributed by atoms with Crippen LogP contribution in [0.15, 0.2) is 59.5 Å². The van der Waals surface area contributed by atoms with Gasteiger partial charge in [0.2, 0.25) is 0 Å². The third kappa shape index (κ3) is 6.08. The first-order valence-electron chi connectivity index (χ1n) is 9.98. The Morgan fingerprint density at radius 1 is 1.00 bits per heavy atom. The molecule has 154 valence electrons. The van der Waals surface area contributed by atoms with Crippen LogP contribution in [-0.2, 0) is 14.3 Å². The minimum atomic E-state index is -0.644. The van der Waals surface area contributed by atoms with Gasteiger partial charge in [0.05, 0.1) is 0 Å². The molecule has 29 heavy (non-hydrogen) atoms. The van der Waals surface area contributed by atoms with Gasteiger partial charge in [-0.05, 0) is 48.6 Å². The Balaban J connectivity index is 1.58. The molecule has 0 saturated carbocycles. The van der Waals surface area contributed by atoms with E-state index in [0.29, 0.717) is 31.4 Å². The summed E-state index contributed by atoms with van der Waals surface area (Å²) in [5, 5.41) is 5.51. The molecule has 0 aliphatic carbocycles. The molecule has 2 N–H and O–H groups in total. The first kappa shape index (κ1) is 21.4. The zero-order valence-electron chi connectivity index (χ0n) is 16.9. The monoisotopic (exact) mass is 412 g/mol.